The van der Waals surface area contributed by atoms with Crippen LogP contribution in [0.2, 0.25) is 0 Å². The molecule has 2 heterocycles. The second-order valence-corrected chi connectivity index (χ2v) is 7.11. The van der Waals surface area contributed by atoms with E-state index in [4.69, 9.17) is 0 Å². The smallest absolute Gasteiger partial charge is 0.0400 e. The van der Waals surface area contributed by atoms with Crippen molar-refractivity contribution >= 4 is 17.5 Å². The molecule has 4 rings (SSSR count). The third-order valence-corrected chi connectivity index (χ3v) is 5.07. The summed E-state index contributed by atoms with van der Waals surface area (Å²) >= 11 is 0. The summed E-state index contributed by atoms with van der Waals surface area (Å²) in [6.07, 6.45) is 5.24. The lowest BCUT2D eigenvalue weighted by Gasteiger charge is -2.20. The van der Waals surface area contributed by atoms with Crippen molar-refractivity contribution in [2.75, 3.05) is 18.4 Å². The first kappa shape index (κ1) is 16.0. The Labute approximate surface area is 150 Å². The number of nitrogens with zero attached hydrogens (tertiary/aromatic N) is 1. The van der Waals surface area contributed by atoms with Crippen LogP contribution in [0.15, 0.2) is 55.2 Å². The fourth-order valence-corrected chi connectivity index (χ4v) is 3.66. The molecule has 0 saturated carbocycles. The van der Waals surface area contributed by atoms with Crippen molar-refractivity contribution in [1.82, 2.24) is 10.2 Å². The molecule has 0 aromatic heterocycles. The van der Waals surface area contributed by atoms with Crippen LogP contribution in [0.4, 0.5) is 5.69 Å². The van der Waals surface area contributed by atoms with E-state index < -0.39 is 0 Å². The van der Waals surface area contributed by atoms with Gasteiger partial charge in [0.15, 0.2) is 0 Å². The molecule has 3 heteroatoms. The van der Waals surface area contributed by atoms with Crippen LogP contribution in [0.1, 0.15) is 28.7 Å². The van der Waals surface area contributed by atoms with Gasteiger partial charge >= 0.3 is 0 Å². The number of benzene rings is 2. The van der Waals surface area contributed by atoms with Crippen molar-refractivity contribution in [1.29, 1.82) is 0 Å². The number of rotatable bonds is 4. The Morgan fingerprint density at radius 1 is 1.20 bits per heavy atom. The zero-order chi connectivity index (χ0) is 17.2. The maximum atomic E-state index is 4.05. The van der Waals surface area contributed by atoms with Gasteiger partial charge < -0.3 is 10.6 Å². The van der Waals surface area contributed by atoms with Gasteiger partial charge in [0.25, 0.3) is 0 Å². The molecule has 2 aromatic rings. The summed E-state index contributed by atoms with van der Waals surface area (Å²) in [6, 6.07) is 15.9. The lowest BCUT2D eigenvalue weighted by Crippen LogP contribution is -2.26. The minimum atomic E-state index is 0.511. The molecule has 0 unspecified atom stereocenters. The maximum absolute atomic E-state index is 4.05. The first-order chi connectivity index (χ1) is 12.2. The molecule has 0 amide bonds. The standard InChI is InChI=1S/C22H25N3/c1-16-3-5-18(6-4-16)14-25-12-10-21(15-25)24-20-7-8-22-17(2)23-11-9-19(22)13-20/h3-9,11,13,21,23-24H,2,10,12,14-15H2,1H3/t21-/m0/s1. The predicted octanol–water partition coefficient (Wildman–Crippen LogP) is 4.23. The average Bonchev–Trinajstić information content (AvgIpc) is 3.04. The van der Waals surface area contributed by atoms with Gasteiger partial charge in [0, 0.05) is 48.8 Å². The number of nitrogens with one attached hydrogen (secondary N) is 2. The highest BCUT2D eigenvalue weighted by Crippen LogP contribution is 2.26. The molecule has 128 valence electrons. The van der Waals surface area contributed by atoms with E-state index in [1.54, 1.807) is 0 Å². The van der Waals surface area contributed by atoms with Crippen molar-refractivity contribution in [3.05, 3.63) is 77.5 Å². The highest BCUT2D eigenvalue weighted by Gasteiger charge is 2.22. The quantitative estimate of drug-likeness (QED) is 0.878. The molecule has 0 spiro atoms. The summed E-state index contributed by atoms with van der Waals surface area (Å²) in [5.41, 5.74) is 7.29. The Kier molecular flexibility index (Phi) is 4.33. The average molecular weight is 331 g/mol. The van der Waals surface area contributed by atoms with E-state index in [2.05, 4.69) is 77.6 Å². The summed E-state index contributed by atoms with van der Waals surface area (Å²) in [6.45, 7) is 9.47. The van der Waals surface area contributed by atoms with E-state index in [-0.39, 0.29) is 0 Å². The summed E-state index contributed by atoms with van der Waals surface area (Å²) in [4.78, 5) is 2.53. The number of hydrogen-bond acceptors (Lipinski definition) is 3. The van der Waals surface area contributed by atoms with Gasteiger partial charge in [-0.15, -0.1) is 0 Å². The van der Waals surface area contributed by atoms with Gasteiger partial charge in [-0.3, -0.25) is 4.90 Å². The van der Waals surface area contributed by atoms with Crippen molar-refractivity contribution in [3.8, 4) is 0 Å². The van der Waals surface area contributed by atoms with E-state index in [0.717, 1.165) is 25.3 Å². The van der Waals surface area contributed by atoms with Crippen LogP contribution >= 0.6 is 0 Å². The molecule has 2 N–H and O–H groups in total. The van der Waals surface area contributed by atoms with Crippen LogP contribution in [-0.2, 0) is 6.54 Å². The molecule has 0 bridgehead atoms. The third-order valence-electron chi connectivity index (χ3n) is 5.07. The zero-order valence-corrected chi connectivity index (χ0v) is 14.8. The Bertz CT molecular complexity index is 805. The van der Waals surface area contributed by atoms with Gasteiger partial charge in [0.2, 0.25) is 0 Å². The fraction of sp³-hybridized carbons (Fsp3) is 0.273. The minimum absolute atomic E-state index is 0.511. The van der Waals surface area contributed by atoms with Crippen molar-refractivity contribution in [3.63, 3.8) is 0 Å². The second kappa shape index (κ2) is 6.77. The molecule has 2 aromatic carbocycles. The van der Waals surface area contributed by atoms with Crippen LogP contribution < -0.4 is 10.6 Å². The zero-order valence-electron chi connectivity index (χ0n) is 14.8. The second-order valence-electron chi connectivity index (χ2n) is 7.11. The van der Waals surface area contributed by atoms with E-state index in [1.807, 2.05) is 6.20 Å². The van der Waals surface area contributed by atoms with Gasteiger partial charge in [-0.05, 0) is 42.7 Å². The summed E-state index contributed by atoms with van der Waals surface area (Å²) < 4.78 is 0. The number of fused-ring (bicyclic) bond motifs is 1. The molecule has 25 heavy (non-hydrogen) atoms. The van der Waals surface area contributed by atoms with E-state index >= 15 is 0 Å². The van der Waals surface area contributed by atoms with Gasteiger partial charge in [0.1, 0.15) is 0 Å². The predicted molar refractivity (Wildman–Crippen MR) is 106 cm³/mol. The Hall–Kier alpha value is -2.52. The SMILES string of the molecule is C=C1NC=Cc2cc(N[C@H]3CCN(Cc4ccc(C)cc4)C3)ccc21. The first-order valence-corrected chi connectivity index (χ1v) is 8.98. The van der Waals surface area contributed by atoms with Crippen molar-refractivity contribution in [2.24, 2.45) is 0 Å². The molecule has 2 aliphatic heterocycles. The van der Waals surface area contributed by atoms with Crippen LogP contribution in [0, 0.1) is 6.92 Å². The fourth-order valence-electron chi connectivity index (χ4n) is 3.66. The molecule has 0 aliphatic carbocycles. The van der Waals surface area contributed by atoms with Crippen LogP contribution in [0.3, 0.4) is 0 Å². The third kappa shape index (κ3) is 3.62. The first-order valence-electron chi connectivity index (χ1n) is 8.98. The van der Waals surface area contributed by atoms with Crippen molar-refractivity contribution in [2.45, 2.75) is 25.9 Å². The molecular weight excluding hydrogens is 306 g/mol. The lowest BCUT2D eigenvalue weighted by atomic mass is 10.0. The molecule has 0 radical (unpaired) electrons. The summed E-state index contributed by atoms with van der Waals surface area (Å²) in [5, 5.41) is 6.87. The number of aryl methyl sites for hydroxylation is 1. The molecule has 3 nitrogen and oxygen atoms in total. The Morgan fingerprint density at radius 3 is 2.88 bits per heavy atom. The van der Waals surface area contributed by atoms with Gasteiger partial charge in [-0.2, -0.15) is 0 Å². The van der Waals surface area contributed by atoms with Gasteiger partial charge in [-0.25, -0.2) is 0 Å². The van der Waals surface area contributed by atoms with Gasteiger partial charge in [-0.1, -0.05) is 42.5 Å². The molecular formula is C22H25N3. The molecule has 1 atom stereocenters. The van der Waals surface area contributed by atoms with E-state index in [9.17, 15) is 0 Å². The Balaban J connectivity index is 1.37. The van der Waals surface area contributed by atoms with Gasteiger partial charge in [0.05, 0.1) is 0 Å². The number of likely N-dealkylation sites (tertiary alicyclic amines) is 1. The number of hydrogen-bond donors (Lipinski definition) is 2. The lowest BCUT2D eigenvalue weighted by molar-refractivity contribution is 0.328. The topological polar surface area (TPSA) is 27.3 Å². The molecule has 1 fully saturated rings. The highest BCUT2D eigenvalue weighted by molar-refractivity contribution is 5.78. The van der Waals surface area contributed by atoms with Crippen LogP contribution in [0.5, 0.6) is 0 Å². The van der Waals surface area contributed by atoms with E-state index in [1.165, 1.54) is 34.4 Å². The van der Waals surface area contributed by atoms with Crippen LogP contribution in [-0.4, -0.2) is 24.0 Å². The maximum Gasteiger partial charge on any atom is 0.0400 e. The van der Waals surface area contributed by atoms with Crippen LogP contribution in [0.25, 0.3) is 11.8 Å². The normalized spacial score (nSPS) is 19.6. The Morgan fingerprint density at radius 2 is 2.04 bits per heavy atom. The minimum Gasteiger partial charge on any atom is -0.381 e. The molecule has 2 aliphatic rings. The monoisotopic (exact) mass is 331 g/mol. The summed E-state index contributed by atoms with van der Waals surface area (Å²) in [7, 11) is 0. The van der Waals surface area contributed by atoms with E-state index in [0.29, 0.717) is 6.04 Å². The summed E-state index contributed by atoms with van der Waals surface area (Å²) in [5.74, 6) is 0. The highest BCUT2D eigenvalue weighted by atomic mass is 15.2. The molecule has 1 saturated heterocycles. The number of anilines is 1. The van der Waals surface area contributed by atoms with Crippen molar-refractivity contribution < 1.29 is 0 Å². The largest absolute Gasteiger partial charge is 0.381 e.